The molecule has 5 aliphatic carbocycles. The van der Waals surface area contributed by atoms with Crippen molar-refractivity contribution in [2.24, 2.45) is 53.3 Å². The van der Waals surface area contributed by atoms with Gasteiger partial charge in [-0.05, 0) is 72.5 Å². The Morgan fingerprint density at radius 1 is 0.667 bits per heavy atom. The van der Waals surface area contributed by atoms with Crippen molar-refractivity contribution in [1.82, 2.24) is 0 Å². The van der Waals surface area contributed by atoms with E-state index in [0.29, 0.717) is 0 Å². The van der Waals surface area contributed by atoms with E-state index in [2.05, 4.69) is 79.8 Å². The number of hydrogen-bond donors (Lipinski definition) is 0. The molecule has 142 valence electrons. The third-order valence-corrected chi connectivity index (χ3v) is 8.30. The highest BCUT2D eigenvalue weighted by molar-refractivity contribution is 5.29. The van der Waals surface area contributed by atoms with Gasteiger partial charge in [-0.25, -0.2) is 0 Å². The van der Waals surface area contributed by atoms with E-state index in [9.17, 15) is 0 Å². The largest absolute Gasteiger partial charge is 0.0808 e. The van der Waals surface area contributed by atoms with Crippen molar-refractivity contribution in [3.63, 3.8) is 0 Å². The second kappa shape index (κ2) is 7.46. The highest BCUT2D eigenvalue weighted by Crippen LogP contribution is 2.56. The van der Waals surface area contributed by atoms with Gasteiger partial charge >= 0.3 is 0 Å². The van der Waals surface area contributed by atoms with E-state index < -0.39 is 0 Å². The summed E-state index contributed by atoms with van der Waals surface area (Å²) in [4.78, 5) is 0. The maximum atomic E-state index is 2.55. The van der Waals surface area contributed by atoms with Gasteiger partial charge in [-0.2, -0.15) is 0 Å². The monoisotopic (exact) mass is 358 g/mol. The number of fused-ring (bicyclic) bond motifs is 4. The lowest BCUT2D eigenvalue weighted by molar-refractivity contribution is 0.179. The average Bonchev–Trinajstić information content (AvgIpc) is 3.27. The Balaban J connectivity index is 1.41. The molecule has 0 saturated heterocycles. The highest BCUT2D eigenvalue weighted by atomic mass is 14.5. The molecule has 27 heavy (non-hydrogen) atoms. The Morgan fingerprint density at radius 3 is 1.85 bits per heavy atom. The molecule has 0 N–H and O–H groups in total. The van der Waals surface area contributed by atoms with Crippen LogP contribution in [0.3, 0.4) is 0 Å². The van der Waals surface area contributed by atoms with Gasteiger partial charge in [-0.1, -0.05) is 92.7 Å². The standard InChI is InChI=1S/C27H34/c1-2-9-21(18-20-17-16-19-10-3-4-11-22(19)20)27-25-14-7-5-12-23(25)24-13-6-8-15-26(24)27/h3-8,10-15,19-27H,2,9,16-18H2,1H3. The highest BCUT2D eigenvalue weighted by Gasteiger charge is 2.50. The summed E-state index contributed by atoms with van der Waals surface area (Å²) in [7, 11) is 0. The molecule has 0 aromatic carbocycles. The first-order chi connectivity index (χ1) is 13.4. The average molecular weight is 359 g/mol. The summed E-state index contributed by atoms with van der Waals surface area (Å²) in [6.07, 6.45) is 36.0. The van der Waals surface area contributed by atoms with Crippen molar-refractivity contribution in [1.29, 1.82) is 0 Å². The van der Waals surface area contributed by atoms with Gasteiger partial charge in [0.15, 0.2) is 0 Å². The second-order valence-corrected chi connectivity index (χ2v) is 9.56. The zero-order chi connectivity index (χ0) is 18.2. The van der Waals surface area contributed by atoms with Gasteiger partial charge in [-0.3, -0.25) is 0 Å². The zero-order valence-corrected chi connectivity index (χ0v) is 16.7. The summed E-state index contributed by atoms with van der Waals surface area (Å²) >= 11 is 0. The SMILES string of the molecule is CCCC(CC1CCC2C=CC=CC21)C1C2C=CC=CC2C2C=CC=CC21. The number of rotatable bonds is 5. The molecular weight excluding hydrogens is 324 g/mol. The predicted octanol–water partition coefficient (Wildman–Crippen LogP) is 6.91. The minimum Gasteiger partial charge on any atom is -0.0808 e. The summed E-state index contributed by atoms with van der Waals surface area (Å²) < 4.78 is 0. The van der Waals surface area contributed by atoms with Crippen LogP contribution >= 0.6 is 0 Å². The van der Waals surface area contributed by atoms with Crippen molar-refractivity contribution < 1.29 is 0 Å². The Bertz CT molecular complexity index is 680. The molecule has 0 aliphatic heterocycles. The molecule has 8 atom stereocenters. The van der Waals surface area contributed by atoms with Crippen LogP contribution in [0.25, 0.3) is 0 Å². The van der Waals surface area contributed by atoms with Gasteiger partial charge in [0.1, 0.15) is 0 Å². The smallest absolute Gasteiger partial charge is 0.00955 e. The van der Waals surface area contributed by atoms with Crippen LogP contribution < -0.4 is 0 Å². The van der Waals surface area contributed by atoms with Crippen molar-refractivity contribution in [3.8, 4) is 0 Å². The number of allylic oxidation sites excluding steroid dienone is 12. The summed E-state index contributed by atoms with van der Waals surface area (Å²) in [5.74, 6) is 7.15. The Morgan fingerprint density at radius 2 is 1.22 bits per heavy atom. The van der Waals surface area contributed by atoms with Crippen molar-refractivity contribution in [3.05, 3.63) is 72.9 Å². The van der Waals surface area contributed by atoms with Crippen LogP contribution in [0, 0.1) is 53.3 Å². The maximum absolute atomic E-state index is 2.55. The molecule has 2 saturated carbocycles. The first-order valence-corrected chi connectivity index (χ1v) is 11.4. The molecule has 0 spiro atoms. The van der Waals surface area contributed by atoms with E-state index in [1.807, 2.05) is 0 Å². The minimum atomic E-state index is 0.722. The van der Waals surface area contributed by atoms with Gasteiger partial charge in [0.25, 0.3) is 0 Å². The molecule has 0 aromatic rings. The molecule has 8 unspecified atom stereocenters. The van der Waals surface area contributed by atoms with Crippen LogP contribution in [0.2, 0.25) is 0 Å². The van der Waals surface area contributed by atoms with E-state index in [-0.39, 0.29) is 0 Å². The molecule has 2 fully saturated rings. The summed E-state index contributed by atoms with van der Waals surface area (Å²) in [6, 6.07) is 0. The van der Waals surface area contributed by atoms with E-state index in [1.165, 1.54) is 32.1 Å². The second-order valence-electron chi connectivity index (χ2n) is 9.56. The van der Waals surface area contributed by atoms with Gasteiger partial charge in [0, 0.05) is 0 Å². The Hall–Kier alpha value is -1.56. The van der Waals surface area contributed by atoms with E-state index >= 15 is 0 Å². The lowest BCUT2D eigenvalue weighted by Gasteiger charge is -2.35. The maximum Gasteiger partial charge on any atom is -0.00955 e. The molecule has 0 heteroatoms. The van der Waals surface area contributed by atoms with Gasteiger partial charge < -0.3 is 0 Å². The van der Waals surface area contributed by atoms with Gasteiger partial charge in [0.05, 0.1) is 0 Å². The minimum absolute atomic E-state index is 0.722. The van der Waals surface area contributed by atoms with Crippen LogP contribution in [-0.2, 0) is 0 Å². The lowest BCUT2D eigenvalue weighted by atomic mass is 9.69. The van der Waals surface area contributed by atoms with E-state index in [4.69, 9.17) is 0 Å². The van der Waals surface area contributed by atoms with Crippen LogP contribution in [0.1, 0.15) is 39.0 Å². The quantitative estimate of drug-likeness (QED) is 0.501. The molecule has 0 amide bonds. The molecule has 0 aromatic heterocycles. The molecule has 5 aliphatic rings. The molecule has 0 bridgehead atoms. The third kappa shape index (κ3) is 3.06. The molecule has 0 heterocycles. The van der Waals surface area contributed by atoms with Crippen molar-refractivity contribution in [2.45, 2.75) is 39.0 Å². The summed E-state index contributed by atoms with van der Waals surface area (Å²) in [5, 5.41) is 0. The zero-order valence-electron chi connectivity index (χ0n) is 16.7. The fourth-order valence-electron chi connectivity index (χ4n) is 7.27. The van der Waals surface area contributed by atoms with Crippen LogP contribution in [0.5, 0.6) is 0 Å². The van der Waals surface area contributed by atoms with Crippen LogP contribution in [0.4, 0.5) is 0 Å². The topological polar surface area (TPSA) is 0 Å². The lowest BCUT2D eigenvalue weighted by Crippen LogP contribution is -2.28. The summed E-state index contributed by atoms with van der Waals surface area (Å²) in [5.41, 5.74) is 0. The predicted molar refractivity (Wildman–Crippen MR) is 115 cm³/mol. The van der Waals surface area contributed by atoms with Crippen LogP contribution in [0.15, 0.2) is 72.9 Å². The normalized spacial score (nSPS) is 44.3. The Kier molecular flexibility index (Phi) is 4.84. The van der Waals surface area contributed by atoms with Crippen molar-refractivity contribution in [2.75, 3.05) is 0 Å². The molecule has 0 nitrogen and oxygen atoms in total. The molecule has 0 radical (unpaired) electrons. The first kappa shape index (κ1) is 17.5. The van der Waals surface area contributed by atoms with E-state index in [0.717, 1.165) is 53.3 Å². The number of hydrogen-bond acceptors (Lipinski definition) is 0. The third-order valence-electron chi connectivity index (χ3n) is 8.30. The first-order valence-electron chi connectivity index (χ1n) is 11.4. The van der Waals surface area contributed by atoms with E-state index in [1.54, 1.807) is 0 Å². The Labute approximate surface area is 165 Å². The van der Waals surface area contributed by atoms with Gasteiger partial charge in [0.2, 0.25) is 0 Å². The van der Waals surface area contributed by atoms with Gasteiger partial charge in [-0.15, -0.1) is 0 Å². The summed E-state index contributed by atoms with van der Waals surface area (Å²) in [6.45, 7) is 2.39. The molecular formula is C27H34. The fraction of sp³-hybridized carbons (Fsp3) is 0.556. The molecule has 5 rings (SSSR count). The van der Waals surface area contributed by atoms with Crippen LogP contribution in [-0.4, -0.2) is 0 Å². The van der Waals surface area contributed by atoms with Crippen molar-refractivity contribution >= 4 is 0 Å². The fourth-order valence-corrected chi connectivity index (χ4v) is 7.27.